The lowest BCUT2D eigenvalue weighted by molar-refractivity contribution is -0.192. The normalized spacial score (nSPS) is 20.5. The van der Waals surface area contributed by atoms with Gasteiger partial charge in [-0.2, -0.15) is 13.2 Å². The molecule has 0 aliphatic carbocycles. The number of carboxylic acid groups (broad SMARTS) is 1. The monoisotopic (exact) mass is 496 g/mol. The molecular formula is C24H28F4N4O3. The first-order valence-electron chi connectivity index (χ1n) is 11.3. The Morgan fingerprint density at radius 1 is 1.06 bits per heavy atom. The van der Waals surface area contributed by atoms with E-state index in [2.05, 4.69) is 14.9 Å². The highest BCUT2D eigenvalue weighted by atomic mass is 19.4. The number of hydrogen-bond donors (Lipinski definition) is 1. The van der Waals surface area contributed by atoms with Gasteiger partial charge in [0.05, 0.1) is 0 Å². The van der Waals surface area contributed by atoms with Crippen LogP contribution in [0.4, 0.5) is 23.5 Å². The first-order chi connectivity index (χ1) is 16.4. The summed E-state index contributed by atoms with van der Waals surface area (Å²) in [4.78, 5) is 35.1. The van der Waals surface area contributed by atoms with E-state index >= 15 is 0 Å². The lowest BCUT2D eigenvalue weighted by Crippen LogP contribution is -2.46. The van der Waals surface area contributed by atoms with Crippen LogP contribution in [0.5, 0.6) is 0 Å². The molecule has 35 heavy (non-hydrogen) atoms. The molecule has 7 nitrogen and oxygen atoms in total. The summed E-state index contributed by atoms with van der Waals surface area (Å²) in [7, 11) is 0. The molecule has 1 unspecified atom stereocenters. The Morgan fingerprint density at radius 2 is 1.66 bits per heavy atom. The second-order valence-electron chi connectivity index (χ2n) is 8.92. The van der Waals surface area contributed by atoms with Crippen LogP contribution in [0.2, 0.25) is 0 Å². The number of aromatic nitrogens is 2. The van der Waals surface area contributed by atoms with Gasteiger partial charge in [0, 0.05) is 43.0 Å². The molecule has 190 valence electrons. The van der Waals surface area contributed by atoms with E-state index in [4.69, 9.17) is 9.90 Å². The van der Waals surface area contributed by atoms with E-state index in [0.29, 0.717) is 13.0 Å². The fourth-order valence-corrected chi connectivity index (χ4v) is 4.65. The van der Waals surface area contributed by atoms with Gasteiger partial charge in [-0.15, -0.1) is 0 Å². The number of alkyl halides is 3. The number of anilines is 1. The zero-order chi connectivity index (χ0) is 25.8. The second-order valence-corrected chi connectivity index (χ2v) is 8.92. The zero-order valence-corrected chi connectivity index (χ0v) is 19.6. The molecule has 1 aromatic heterocycles. The molecule has 2 aromatic rings. The van der Waals surface area contributed by atoms with Crippen LogP contribution in [0.25, 0.3) is 0 Å². The molecule has 3 heterocycles. The van der Waals surface area contributed by atoms with Crippen LogP contribution in [0.3, 0.4) is 0 Å². The number of carbonyl (C=O) groups is 2. The fraction of sp³-hybridized carbons (Fsp3) is 0.500. The number of likely N-dealkylation sites (tertiary alicyclic amines) is 1. The molecule has 2 saturated heterocycles. The summed E-state index contributed by atoms with van der Waals surface area (Å²) in [5, 5.41) is 7.12. The minimum Gasteiger partial charge on any atom is -0.475 e. The number of nitrogens with zero attached hydrogens (tertiary/aromatic N) is 4. The largest absolute Gasteiger partial charge is 0.490 e. The summed E-state index contributed by atoms with van der Waals surface area (Å²) in [5.74, 6) is -2.00. The van der Waals surface area contributed by atoms with Crippen LogP contribution in [0.1, 0.15) is 49.1 Å². The van der Waals surface area contributed by atoms with Crippen LogP contribution in [0, 0.1) is 19.7 Å². The number of rotatable bonds is 3. The van der Waals surface area contributed by atoms with Crippen LogP contribution in [0.15, 0.2) is 30.3 Å². The molecule has 0 radical (unpaired) electrons. The number of aliphatic carboxylic acids is 1. The van der Waals surface area contributed by atoms with Gasteiger partial charge in [-0.05, 0) is 63.3 Å². The number of benzene rings is 1. The molecule has 2 aliphatic rings. The van der Waals surface area contributed by atoms with E-state index in [1.807, 2.05) is 24.8 Å². The molecule has 4 rings (SSSR count). The summed E-state index contributed by atoms with van der Waals surface area (Å²) in [5.41, 5.74) is 2.83. The second kappa shape index (κ2) is 10.6. The Morgan fingerprint density at radius 3 is 2.23 bits per heavy atom. The average molecular weight is 497 g/mol. The predicted molar refractivity (Wildman–Crippen MR) is 120 cm³/mol. The number of carboxylic acids is 1. The van der Waals surface area contributed by atoms with Gasteiger partial charge in [-0.25, -0.2) is 19.2 Å². The highest BCUT2D eigenvalue weighted by molar-refractivity contribution is 5.79. The van der Waals surface area contributed by atoms with Gasteiger partial charge < -0.3 is 14.9 Å². The Kier molecular flexibility index (Phi) is 7.97. The predicted octanol–water partition coefficient (Wildman–Crippen LogP) is 4.42. The van der Waals surface area contributed by atoms with Gasteiger partial charge >= 0.3 is 12.1 Å². The van der Waals surface area contributed by atoms with Crippen molar-refractivity contribution in [3.63, 3.8) is 0 Å². The molecule has 1 amide bonds. The standard InChI is InChI=1S/C22H27FN4O.C2HF3O2/c1-16-14-17(2)25-21(24-16)26-12-3-9-22(11-13-26)10-8-20(28)27(22)15-18-4-6-19(23)7-5-18;3-2(4,5)1(6)7/h4-7,14H,3,8-13,15H2,1-2H3;(H,6,7). The first-order valence-corrected chi connectivity index (χ1v) is 11.3. The number of aryl methyl sites for hydroxylation is 2. The van der Waals surface area contributed by atoms with Gasteiger partial charge in [0.1, 0.15) is 5.82 Å². The Hall–Kier alpha value is -3.24. The maximum atomic E-state index is 13.2. The summed E-state index contributed by atoms with van der Waals surface area (Å²) in [6, 6.07) is 8.48. The third-order valence-corrected chi connectivity index (χ3v) is 6.34. The minimum absolute atomic E-state index is 0.112. The van der Waals surface area contributed by atoms with Crippen molar-refractivity contribution >= 4 is 17.8 Å². The summed E-state index contributed by atoms with van der Waals surface area (Å²) < 4.78 is 45.0. The van der Waals surface area contributed by atoms with Gasteiger partial charge in [0.15, 0.2) is 0 Å². The highest BCUT2D eigenvalue weighted by Crippen LogP contribution is 2.40. The van der Waals surface area contributed by atoms with Crippen molar-refractivity contribution in [2.45, 2.75) is 64.2 Å². The smallest absolute Gasteiger partial charge is 0.475 e. The topological polar surface area (TPSA) is 86.6 Å². The van der Waals surface area contributed by atoms with E-state index in [0.717, 1.165) is 61.7 Å². The van der Waals surface area contributed by atoms with Gasteiger partial charge in [-0.3, -0.25) is 4.79 Å². The number of amides is 1. The maximum absolute atomic E-state index is 13.2. The molecule has 1 aromatic carbocycles. The van der Waals surface area contributed by atoms with Crippen molar-refractivity contribution in [3.8, 4) is 0 Å². The van der Waals surface area contributed by atoms with Gasteiger partial charge in [-0.1, -0.05) is 12.1 Å². The number of hydrogen-bond acceptors (Lipinski definition) is 5. The van der Waals surface area contributed by atoms with Crippen molar-refractivity contribution in [1.29, 1.82) is 0 Å². The lowest BCUT2D eigenvalue weighted by Gasteiger charge is -2.38. The molecule has 11 heteroatoms. The molecule has 1 N–H and O–H groups in total. The Bertz CT molecular complexity index is 1040. The van der Waals surface area contributed by atoms with E-state index < -0.39 is 12.1 Å². The van der Waals surface area contributed by atoms with E-state index in [9.17, 15) is 22.4 Å². The molecule has 0 bridgehead atoms. The van der Waals surface area contributed by atoms with Crippen molar-refractivity contribution < 1.29 is 32.3 Å². The fourth-order valence-electron chi connectivity index (χ4n) is 4.65. The van der Waals surface area contributed by atoms with Crippen molar-refractivity contribution in [1.82, 2.24) is 14.9 Å². The van der Waals surface area contributed by atoms with E-state index in [-0.39, 0.29) is 17.3 Å². The van der Waals surface area contributed by atoms with Gasteiger partial charge in [0.25, 0.3) is 0 Å². The SMILES string of the molecule is Cc1cc(C)nc(N2CCCC3(CCC(=O)N3Cc3ccc(F)cc3)CC2)n1.O=C(O)C(F)(F)F. The average Bonchev–Trinajstić information content (AvgIpc) is 2.94. The summed E-state index contributed by atoms with van der Waals surface area (Å²) >= 11 is 0. The summed E-state index contributed by atoms with van der Waals surface area (Å²) in [6.45, 7) is 6.30. The Labute approximate surface area is 200 Å². The third kappa shape index (κ3) is 6.67. The zero-order valence-electron chi connectivity index (χ0n) is 19.6. The molecule has 1 spiro atoms. The van der Waals surface area contributed by atoms with Crippen molar-refractivity contribution in [2.24, 2.45) is 0 Å². The molecule has 1 atom stereocenters. The third-order valence-electron chi connectivity index (χ3n) is 6.34. The first kappa shape index (κ1) is 26.4. The molecular weight excluding hydrogens is 468 g/mol. The highest BCUT2D eigenvalue weighted by Gasteiger charge is 2.45. The van der Waals surface area contributed by atoms with Crippen LogP contribution >= 0.6 is 0 Å². The van der Waals surface area contributed by atoms with Crippen molar-refractivity contribution in [3.05, 3.63) is 53.1 Å². The minimum atomic E-state index is -5.08. The quantitative estimate of drug-likeness (QED) is 0.634. The van der Waals surface area contributed by atoms with Gasteiger partial charge in [0.2, 0.25) is 11.9 Å². The van der Waals surface area contributed by atoms with E-state index in [1.165, 1.54) is 12.1 Å². The number of carbonyl (C=O) groups excluding carboxylic acids is 1. The molecule has 2 aliphatic heterocycles. The van der Waals surface area contributed by atoms with Crippen LogP contribution in [-0.4, -0.2) is 56.7 Å². The van der Waals surface area contributed by atoms with E-state index in [1.54, 1.807) is 12.1 Å². The van der Waals surface area contributed by atoms with Crippen molar-refractivity contribution in [2.75, 3.05) is 18.0 Å². The molecule has 0 saturated carbocycles. The number of halogens is 4. The lowest BCUT2D eigenvalue weighted by atomic mass is 9.87. The van der Waals surface area contributed by atoms with Crippen LogP contribution < -0.4 is 4.90 Å². The Balaban J connectivity index is 0.000000429. The maximum Gasteiger partial charge on any atom is 0.490 e. The van der Waals surface area contributed by atoms with Crippen LogP contribution in [-0.2, 0) is 16.1 Å². The molecule has 2 fully saturated rings. The summed E-state index contributed by atoms with van der Waals surface area (Å²) in [6.07, 6.45) is -0.684.